The van der Waals surface area contributed by atoms with Gasteiger partial charge in [-0.1, -0.05) is 37.3 Å². The van der Waals surface area contributed by atoms with Gasteiger partial charge in [0.15, 0.2) is 0 Å². The van der Waals surface area contributed by atoms with Crippen LogP contribution in [-0.4, -0.2) is 37.7 Å². The normalized spacial score (nSPS) is 44.9. The molecule has 1 aromatic carbocycles. The van der Waals surface area contributed by atoms with E-state index in [0.29, 0.717) is 16.2 Å². The third-order valence-corrected chi connectivity index (χ3v) is 9.74. The van der Waals surface area contributed by atoms with Crippen LogP contribution in [0.5, 0.6) is 0 Å². The summed E-state index contributed by atoms with van der Waals surface area (Å²) in [5.41, 5.74) is 3.38. The Bertz CT molecular complexity index is 704. The van der Waals surface area contributed by atoms with Gasteiger partial charge >= 0.3 is 0 Å². The fraction of sp³-hybridized carbons (Fsp3) is 0.760. The van der Waals surface area contributed by atoms with Gasteiger partial charge in [0.2, 0.25) is 0 Å². The molecule has 2 heteroatoms. The lowest BCUT2D eigenvalue weighted by atomic mass is 9.08. The van der Waals surface area contributed by atoms with Gasteiger partial charge in [0.1, 0.15) is 0 Å². The molecule has 5 aliphatic rings. The van der Waals surface area contributed by atoms with E-state index in [1.807, 2.05) is 0 Å². The number of hydrogen-bond donors (Lipinski definition) is 0. The average molecular weight is 366 g/mol. The Kier molecular flexibility index (Phi) is 3.68. The van der Waals surface area contributed by atoms with Crippen molar-refractivity contribution in [1.29, 1.82) is 0 Å². The molecular formula is C25H35NO. The molecule has 5 unspecified atom stereocenters. The summed E-state index contributed by atoms with van der Waals surface area (Å²) in [6, 6.07) is 11.5. The van der Waals surface area contributed by atoms with Crippen molar-refractivity contribution in [2.75, 3.05) is 32.8 Å². The molecule has 1 saturated heterocycles. The summed E-state index contributed by atoms with van der Waals surface area (Å²) < 4.78 is 6.34. The van der Waals surface area contributed by atoms with Crippen LogP contribution in [0, 0.1) is 28.6 Å². The van der Waals surface area contributed by atoms with Crippen LogP contribution in [0.4, 0.5) is 0 Å². The largest absolute Gasteiger partial charge is 0.381 e. The molecule has 0 amide bonds. The lowest BCUT2D eigenvalue weighted by Crippen LogP contribution is -2.92. The molecule has 0 bridgehead atoms. The van der Waals surface area contributed by atoms with Crippen LogP contribution < -0.4 is 0 Å². The summed E-state index contributed by atoms with van der Waals surface area (Å²) in [4.78, 5) is 2.65. The standard InChI is InChI=1S/C25H35NO/c1-19-8-11-26(12-9-19)10-5-13-27-18-23-15-21-14-22-16-24(17-23,25(21,22)23)20-6-3-2-4-7-20/h2-4,6-7,19,21-22H,5,8-18H2,1H3. The van der Waals surface area contributed by atoms with Crippen LogP contribution in [0.2, 0.25) is 0 Å². The van der Waals surface area contributed by atoms with Gasteiger partial charge in [0.05, 0.1) is 6.61 Å². The quantitative estimate of drug-likeness (QED) is 0.638. The van der Waals surface area contributed by atoms with Crippen molar-refractivity contribution >= 4 is 0 Å². The molecule has 6 rings (SSSR count). The van der Waals surface area contributed by atoms with Gasteiger partial charge in [0.25, 0.3) is 0 Å². The molecule has 0 aromatic heterocycles. The molecule has 5 fully saturated rings. The maximum absolute atomic E-state index is 6.34. The molecule has 0 radical (unpaired) electrons. The zero-order chi connectivity index (χ0) is 18.1. The molecule has 1 heterocycles. The van der Waals surface area contributed by atoms with E-state index in [1.165, 1.54) is 64.6 Å². The lowest BCUT2D eigenvalue weighted by Gasteiger charge is -2.96. The molecule has 2 nitrogen and oxygen atoms in total. The van der Waals surface area contributed by atoms with Gasteiger partial charge in [-0.2, -0.15) is 0 Å². The Hall–Kier alpha value is -0.860. The van der Waals surface area contributed by atoms with E-state index in [0.717, 1.165) is 31.0 Å². The molecule has 4 aliphatic carbocycles. The number of likely N-dealkylation sites (tertiary alicyclic amines) is 1. The number of piperidine rings is 1. The van der Waals surface area contributed by atoms with E-state index >= 15 is 0 Å². The Morgan fingerprint density at radius 2 is 1.85 bits per heavy atom. The van der Waals surface area contributed by atoms with Crippen molar-refractivity contribution in [2.24, 2.45) is 28.6 Å². The molecule has 1 aliphatic heterocycles. The van der Waals surface area contributed by atoms with E-state index in [4.69, 9.17) is 4.74 Å². The second-order valence-electron chi connectivity index (χ2n) is 10.7. The fourth-order valence-corrected chi connectivity index (χ4v) is 8.80. The van der Waals surface area contributed by atoms with Gasteiger partial charge in [0, 0.05) is 24.0 Å². The summed E-state index contributed by atoms with van der Waals surface area (Å²) in [7, 11) is 0. The van der Waals surface area contributed by atoms with Crippen molar-refractivity contribution in [3.63, 3.8) is 0 Å². The lowest BCUT2D eigenvalue weighted by molar-refractivity contribution is -0.455. The van der Waals surface area contributed by atoms with Crippen molar-refractivity contribution < 1.29 is 4.74 Å². The number of benzene rings is 1. The van der Waals surface area contributed by atoms with E-state index in [9.17, 15) is 0 Å². The van der Waals surface area contributed by atoms with Crippen molar-refractivity contribution in [2.45, 2.75) is 57.3 Å². The Morgan fingerprint density at radius 1 is 1.07 bits per heavy atom. The highest BCUT2D eigenvalue weighted by Gasteiger charge is 2.93. The van der Waals surface area contributed by atoms with Gasteiger partial charge in [-0.25, -0.2) is 0 Å². The van der Waals surface area contributed by atoms with Crippen LogP contribution in [0.15, 0.2) is 30.3 Å². The fourth-order valence-electron chi connectivity index (χ4n) is 8.80. The molecule has 0 N–H and O–H groups in total. The molecule has 146 valence electrons. The van der Waals surface area contributed by atoms with E-state index in [2.05, 4.69) is 42.2 Å². The first-order valence-electron chi connectivity index (χ1n) is 11.6. The second-order valence-corrected chi connectivity index (χ2v) is 10.7. The summed E-state index contributed by atoms with van der Waals surface area (Å²) in [5, 5.41) is 0. The highest BCUT2D eigenvalue weighted by atomic mass is 16.5. The Labute approximate surface area is 164 Å². The minimum absolute atomic E-state index is 0.536. The van der Waals surface area contributed by atoms with Crippen molar-refractivity contribution in [1.82, 2.24) is 4.90 Å². The Morgan fingerprint density at radius 3 is 2.59 bits per heavy atom. The van der Waals surface area contributed by atoms with E-state index in [1.54, 1.807) is 5.56 Å². The smallest absolute Gasteiger partial charge is 0.0528 e. The predicted octanol–water partition coefficient (Wildman–Crippen LogP) is 4.88. The molecule has 5 atom stereocenters. The summed E-state index contributed by atoms with van der Waals surface area (Å²) in [5.74, 6) is 2.97. The Balaban J connectivity index is 1.04. The maximum Gasteiger partial charge on any atom is 0.0528 e. The number of rotatable bonds is 7. The van der Waals surface area contributed by atoms with Crippen molar-refractivity contribution in [3.8, 4) is 0 Å². The van der Waals surface area contributed by atoms with Gasteiger partial charge < -0.3 is 9.64 Å². The van der Waals surface area contributed by atoms with Gasteiger partial charge in [-0.15, -0.1) is 0 Å². The minimum atomic E-state index is 0.536. The molecule has 1 spiro atoms. The minimum Gasteiger partial charge on any atom is -0.381 e. The number of hydrogen-bond acceptors (Lipinski definition) is 2. The van der Waals surface area contributed by atoms with E-state index < -0.39 is 0 Å². The summed E-state index contributed by atoms with van der Waals surface area (Å²) >= 11 is 0. The van der Waals surface area contributed by atoms with Crippen LogP contribution in [0.3, 0.4) is 0 Å². The van der Waals surface area contributed by atoms with Crippen LogP contribution in [0.25, 0.3) is 0 Å². The second kappa shape index (κ2) is 5.83. The van der Waals surface area contributed by atoms with Crippen molar-refractivity contribution in [3.05, 3.63) is 35.9 Å². The van der Waals surface area contributed by atoms with Crippen LogP contribution >= 0.6 is 0 Å². The SMILES string of the molecule is CC1CCN(CCCOCC23CC4CC5CC(c6ccccc6)(C2)C453)CC1. The topological polar surface area (TPSA) is 12.5 Å². The maximum atomic E-state index is 6.34. The van der Waals surface area contributed by atoms with Gasteiger partial charge in [-0.3, -0.25) is 0 Å². The first-order valence-corrected chi connectivity index (χ1v) is 11.6. The number of nitrogens with zero attached hydrogens (tertiary/aromatic N) is 1. The zero-order valence-electron chi connectivity index (χ0n) is 17.0. The monoisotopic (exact) mass is 365 g/mol. The average Bonchev–Trinajstić information content (AvgIpc) is 2.63. The summed E-state index contributed by atoms with van der Waals surface area (Å²) in [6.07, 6.45) is 9.83. The number of ether oxygens (including phenoxy) is 1. The third-order valence-electron chi connectivity index (χ3n) is 9.74. The molecular weight excluding hydrogens is 330 g/mol. The van der Waals surface area contributed by atoms with Crippen LogP contribution in [-0.2, 0) is 10.2 Å². The summed E-state index contributed by atoms with van der Waals surface area (Å²) in [6.45, 7) is 8.26. The highest BCUT2D eigenvalue weighted by Crippen LogP contribution is 2.97. The zero-order valence-corrected chi connectivity index (χ0v) is 17.0. The highest BCUT2D eigenvalue weighted by molar-refractivity contribution is 5.51. The first-order chi connectivity index (χ1) is 13.2. The molecule has 27 heavy (non-hydrogen) atoms. The third kappa shape index (κ3) is 2.00. The van der Waals surface area contributed by atoms with E-state index in [-0.39, 0.29) is 0 Å². The first kappa shape index (κ1) is 17.0. The molecule has 1 aromatic rings. The molecule has 4 saturated carbocycles. The van der Waals surface area contributed by atoms with Crippen LogP contribution in [0.1, 0.15) is 57.4 Å². The van der Waals surface area contributed by atoms with Gasteiger partial charge in [-0.05, 0) is 86.8 Å². The predicted molar refractivity (Wildman–Crippen MR) is 109 cm³/mol.